The van der Waals surface area contributed by atoms with Gasteiger partial charge in [0.05, 0.1) is 0 Å². The SMILES string of the molecule is CC(C)[Si](Cl)(CCCN(C)S(=O)(=O)C(F)(F)C(F)(F)C(F)(F)C(F)(F)F)C(C)C. The number of alkyl halides is 9. The first-order chi connectivity index (χ1) is 12.5. The third kappa shape index (κ3) is 5.00. The lowest BCUT2D eigenvalue weighted by molar-refractivity contribution is -0.382. The van der Waals surface area contributed by atoms with Crippen molar-refractivity contribution in [2.24, 2.45) is 0 Å². The Hall–Kier alpha value is -0.213. The fraction of sp³-hybridized carbons (Fsp3) is 1.00. The van der Waals surface area contributed by atoms with E-state index in [4.69, 9.17) is 11.1 Å². The van der Waals surface area contributed by atoms with Gasteiger partial charge in [0.2, 0.25) is 0 Å². The molecule has 176 valence electrons. The minimum Gasteiger partial charge on any atom is -0.206 e. The van der Waals surface area contributed by atoms with E-state index in [1.165, 1.54) is 0 Å². The van der Waals surface area contributed by atoms with Crippen LogP contribution in [-0.4, -0.2) is 57.0 Å². The summed E-state index contributed by atoms with van der Waals surface area (Å²) in [5.74, 6) is -14.5. The zero-order valence-electron chi connectivity index (χ0n) is 16.2. The first-order valence-electron chi connectivity index (χ1n) is 8.36. The normalized spacial score (nSPS) is 15.7. The van der Waals surface area contributed by atoms with Gasteiger partial charge in [0.25, 0.3) is 10.0 Å². The molecule has 0 aromatic carbocycles. The van der Waals surface area contributed by atoms with Crippen LogP contribution in [0.4, 0.5) is 39.5 Å². The topological polar surface area (TPSA) is 37.4 Å². The summed E-state index contributed by atoms with van der Waals surface area (Å²) in [4.78, 5) is 0. The Labute approximate surface area is 169 Å². The predicted molar refractivity (Wildman–Crippen MR) is 93.7 cm³/mol. The molecule has 0 bridgehead atoms. The van der Waals surface area contributed by atoms with Gasteiger partial charge in [-0.05, 0) is 23.5 Å². The highest BCUT2D eigenvalue weighted by Crippen LogP contribution is 2.55. The Morgan fingerprint density at radius 2 is 1.24 bits per heavy atom. The van der Waals surface area contributed by atoms with Crippen molar-refractivity contribution in [2.45, 2.75) is 74.5 Å². The summed E-state index contributed by atoms with van der Waals surface area (Å²) in [6.07, 6.45) is -7.26. The smallest absolute Gasteiger partial charge is 0.206 e. The monoisotopic (exact) mass is 503 g/mol. The molecule has 0 saturated carbocycles. The fourth-order valence-electron chi connectivity index (χ4n) is 2.66. The van der Waals surface area contributed by atoms with Crippen LogP contribution in [0.3, 0.4) is 0 Å². The molecule has 0 aliphatic heterocycles. The summed E-state index contributed by atoms with van der Waals surface area (Å²) in [6, 6.07) is 0.185. The number of hydrogen-bond donors (Lipinski definition) is 0. The van der Waals surface area contributed by atoms with Crippen molar-refractivity contribution >= 4 is 28.5 Å². The summed E-state index contributed by atoms with van der Waals surface area (Å²) in [6.45, 7) is 6.38. The molecule has 0 spiro atoms. The summed E-state index contributed by atoms with van der Waals surface area (Å²) in [5.41, 5.74) is -0.0235. The molecule has 0 fully saturated rings. The van der Waals surface area contributed by atoms with Gasteiger partial charge in [0.15, 0.2) is 7.38 Å². The van der Waals surface area contributed by atoms with E-state index >= 15 is 0 Å². The molecule has 0 atom stereocenters. The van der Waals surface area contributed by atoms with Crippen molar-refractivity contribution in [3.8, 4) is 0 Å². The minimum absolute atomic E-state index is 0.0117. The van der Waals surface area contributed by atoms with Gasteiger partial charge in [-0.2, -0.15) is 54.9 Å². The molecular formula is C14H23ClF9NO2SSi. The van der Waals surface area contributed by atoms with Crippen molar-refractivity contribution in [3.63, 3.8) is 0 Å². The molecule has 0 amide bonds. The van der Waals surface area contributed by atoms with Crippen LogP contribution in [0.25, 0.3) is 0 Å². The van der Waals surface area contributed by atoms with Crippen molar-refractivity contribution in [1.29, 1.82) is 0 Å². The minimum atomic E-state index is -7.27. The number of hydrogen-bond acceptors (Lipinski definition) is 2. The summed E-state index contributed by atoms with van der Waals surface area (Å²) >= 11 is 6.56. The maximum absolute atomic E-state index is 13.8. The lowest BCUT2D eigenvalue weighted by atomic mass is 10.1. The van der Waals surface area contributed by atoms with Crippen LogP contribution in [-0.2, 0) is 10.0 Å². The van der Waals surface area contributed by atoms with Gasteiger partial charge in [-0.1, -0.05) is 27.7 Å². The molecule has 15 heteroatoms. The second-order valence-corrected chi connectivity index (χ2v) is 16.2. The second kappa shape index (κ2) is 8.73. The molecule has 0 saturated heterocycles. The van der Waals surface area contributed by atoms with Crippen LogP contribution in [0.5, 0.6) is 0 Å². The Kier molecular flexibility index (Phi) is 8.67. The molecule has 0 radical (unpaired) electrons. The van der Waals surface area contributed by atoms with E-state index in [1.54, 1.807) is 27.7 Å². The average molecular weight is 504 g/mol. The second-order valence-electron chi connectivity index (χ2n) is 7.33. The van der Waals surface area contributed by atoms with E-state index in [0.717, 1.165) is 0 Å². The molecule has 0 N–H and O–H groups in total. The first kappa shape index (κ1) is 28.8. The fourth-order valence-corrected chi connectivity index (χ4v) is 7.46. The third-order valence-corrected chi connectivity index (χ3v) is 14.9. The Morgan fingerprint density at radius 3 is 1.55 bits per heavy atom. The summed E-state index contributed by atoms with van der Waals surface area (Å²) in [7, 11) is -8.68. The first-order valence-corrected chi connectivity index (χ1v) is 13.2. The molecule has 0 unspecified atom stereocenters. The highest BCUT2D eigenvalue weighted by Gasteiger charge is 2.85. The van der Waals surface area contributed by atoms with Gasteiger partial charge in [-0.15, -0.1) is 0 Å². The number of sulfonamides is 1. The molecule has 0 rings (SSSR count). The molecule has 3 nitrogen and oxygen atoms in total. The average Bonchev–Trinajstić information content (AvgIpc) is 2.52. The quantitative estimate of drug-likeness (QED) is 0.206. The van der Waals surface area contributed by atoms with Gasteiger partial charge in [0, 0.05) is 13.6 Å². The van der Waals surface area contributed by atoms with Gasteiger partial charge in [-0.25, -0.2) is 8.42 Å². The molecule has 0 aliphatic rings. The zero-order valence-corrected chi connectivity index (χ0v) is 18.8. The van der Waals surface area contributed by atoms with Crippen LogP contribution in [0, 0.1) is 0 Å². The third-order valence-electron chi connectivity index (χ3n) is 4.80. The van der Waals surface area contributed by atoms with E-state index < -0.39 is 47.2 Å². The van der Waals surface area contributed by atoms with Gasteiger partial charge in [0.1, 0.15) is 0 Å². The van der Waals surface area contributed by atoms with E-state index in [2.05, 4.69) is 0 Å². The van der Waals surface area contributed by atoms with Crippen molar-refractivity contribution < 1.29 is 47.9 Å². The molecule has 0 aromatic rings. The maximum Gasteiger partial charge on any atom is 0.460 e. The largest absolute Gasteiger partial charge is 0.460 e. The Bertz CT molecular complexity index is 660. The number of nitrogens with zero attached hydrogens (tertiary/aromatic N) is 1. The van der Waals surface area contributed by atoms with E-state index in [1.807, 2.05) is 0 Å². The van der Waals surface area contributed by atoms with E-state index in [9.17, 15) is 47.9 Å². The number of halogens is 10. The van der Waals surface area contributed by atoms with Gasteiger partial charge in [-0.3, -0.25) is 0 Å². The standard InChI is InChI=1S/C14H23ClF9NO2SSi/c1-9(2)29(15,10(3)4)8-6-7-25(5)28(26,27)14(23,24)12(18,19)11(16,17)13(20,21)22/h9-10H,6-8H2,1-5H3. The Morgan fingerprint density at radius 1 is 0.862 bits per heavy atom. The van der Waals surface area contributed by atoms with Crippen molar-refractivity contribution in [3.05, 3.63) is 0 Å². The van der Waals surface area contributed by atoms with Crippen molar-refractivity contribution in [1.82, 2.24) is 4.31 Å². The summed E-state index contributed by atoms with van der Waals surface area (Å²) in [5, 5.41) is -6.71. The van der Waals surface area contributed by atoms with Gasteiger partial charge < -0.3 is 0 Å². The van der Waals surface area contributed by atoms with Crippen LogP contribution in [0.15, 0.2) is 0 Å². The van der Waals surface area contributed by atoms with Crippen LogP contribution >= 0.6 is 11.1 Å². The van der Waals surface area contributed by atoms with Crippen LogP contribution in [0.1, 0.15) is 34.1 Å². The number of rotatable bonds is 10. The van der Waals surface area contributed by atoms with Crippen LogP contribution in [0.2, 0.25) is 17.1 Å². The predicted octanol–water partition coefficient (Wildman–Crippen LogP) is 6.07. The van der Waals surface area contributed by atoms with Gasteiger partial charge >= 0.3 is 23.3 Å². The molecule has 0 heterocycles. The lowest BCUT2D eigenvalue weighted by Crippen LogP contribution is -2.65. The highest BCUT2D eigenvalue weighted by atomic mass is 35.6. The molecule has 0 aliphatic carbocycles. The lowest BCUT2D eigenvalue weighted by Gasteiger charge is -2.35. The zero-order chi connectivity index (χ0) is 23.9. The highest BCUT2D eigenvalue weighted by molar-refractivity contribution is 7.90. The Balaban J connectivity index is 5.67. The molecule has 29 heavy (non-hydrogen) atoms. The van der Waals surface area contributed by atoms with Crippen molar-refractivity contribution in [2.75, 3.05) is 13.6 Å². The van der Waals surface area contributed by atoms with Crippen LogP contribution < -0.4 is 0 Å². The maximum atomic E-state index is 13.8. The van der Waals surface area contributed by atoms with E-state index in [-0.39, 0.29) is 27.9 Å². The molecular weight excluding hydrogens is 481 g/mol. The van der Waals surface area contributed by atoms with E-state index in [0.29, 0.717) is 7.05 Å². The molecule has 0 aromatic heterocycles. The summed E-state index contributed by atoms with van der Waals surface area (Å²) < 4.78 is 140.